The molecule has 1 heterocycles. The third-order valence-electron chi connectivity index (χ3n) is 2.92. The molecule has 0 saturated heterocycles. The monoisotopic (exact) mass is 324 g/mol. The Bertz CT molecular complexity index is 554. The van der Waals surface area contributed by atoms with Crippen molar-refractivity contribution in [2.45, 2.75) is 26.0 Å². The van der Waals surface area contributed by atoms with Crippen molar-refractivity contribution >= 4 is 15.9 Å². The maximum absolute atomic E-state index is 10.6. The topological polar surface area (TPSA) is 47.3 Å². The van der Waals surface area contributed by atoms with E-state index in [-0.39, 0.29) is 0 Å². The summed E-state index contributed by atoms with van der Waals surface area (Å²) >= 11 is 3.41. The number of aliphatic hydroxyl groups is 1. The van der Waals surface area contributed by atoms with Gasteiger partial charge in [-0.1, -0.05) is 35.0 Å². The first-order valence-corrected chi connectivity index (χ1v) is 7.00. The Morgan fingerprint density at radius 1 is 1.47 bits per heavy atom. The summed E-state index contributed by atoms with van der Waals surface area (Å²) < 4.78 is 8.02. The summed E-state index contributed by atoms with van der Waals surface area (Å²) in [6.45, 7) is 2.83. The van der Waals surface area contributed by atoms with Crippen LogP contribution >= 0.6 is 15.9 Å². The fourth-order valence-corrected chi connectivity index (χ4v) is 2.45. The largest absolute Gasteiger partial charge is 0.493 e. The molecule has 4 nitrogen and oxygen atoms in total. The molecule has 0 bridgehead atoms. The SMILES string of the molecule is CCCn1ncc(OC)c1C(O)c1cccc(Br)c1. The maximum Gasteiger partial charge on any atom is 0.163 e. The van der Waals surface area contributed by atoms with E-state index in [9.17, 15) is 5.11 Å². The molecule has 1 N–H and O–H groups in total. The highest BCUT2D eigenvalue weighted by Gasteiger charge is 2.21. The van der Waals surface area contributed by atoms with E-state index in [1.165, 1.54) is 0 Å². The zero-order chi connectivity index (χ0) is 13.8. The van der Waals surface area contributed by atoms with Gasteiger partial charge in [-0.25, -0.2) is 0 Å². The van der Waals surface area contributed by atoms with Crippen LogP contribution in [0.5, 0.6) is 5.75 Å². The van der Waals surface area contributed by atoms with Gasteiger partial charge in [-0.05, 0) is 24.1 Å². The van der Waals surface area contributed by atoms with E-state index in [1.807, 2.05) is 24.3 Å². The molecule has 0 saturated carbocycles. The molecule has 0 aliphatic heterocycles. The Balaban J connectivity index is 2.41. The van der Waals surface area contributed by atoms with Gasteiger partial charge >= 0.3 is 0 Å². The van der Waals surface area contributed by atoms with Crippen molar-refractivity contribution in [2.24, 2.45) is 0 Å². The Morgan fingerprint density at radius 2 is 2.26 bits per heavy atom. The minimum Gasteiger partial charge on any atom is -0.493 e. The molecule has 2 rings (SSSR count). The van der Waals surface area contributed by atoms with Crippen molar-refractivity contribution in [3.05, 3.63) is 46.2 Å². The molecule has 1 unspecified atom stereocenters. The van der Waals surface area contributed by atoms with Crippen LogP contribution < -0.4 is 4.74 Å². The Labute approximate surface area is 121 Å². The number of aromatic nitrogens is 2. The first kappa shape index (κ1) is 14.1. The summed E-state index contributed by atoms with van der Waals surface area (Å²) in [4.78, 5) is 0. The first-order valence-electron chi connectivity index (χ1n) is 6.20. The van der Waals surface area contributed by atoms with Gasteiger partial charge in [0.05, 0.1) is 13.3 Å². The van der Waals surface area contributed by atoms with E-state index in [4.69, 9.17) is 4.74 Å². The van der Waals surface area contributed by atoms with Crippen LogP contribution in [-0.2, 0) is 6.54 Å². The van der Waals surface area contributed by atoms with Gasteiger partial charge in [-0.3, -0.25) is 4.68 Å². The summed E-state index contributed by atoms with van der Waals surface area (Å²) in [5.41, 5.74) is 1.51. The molecular formula is C14H17BrN2O2. The van der Waals surface area contributed by atoms with Gasteiger partial charge in [0.25, 0.3) is 0 Å². The number of ether oxygens (including phenoxy) is 1. The zero-order valence-electron chi connectivity index (χ0n) is 11.0. The number of halogens is 1. The van der Waals surface area contributed by atoms with E-state index in [0.29, 0.717) is 11.4 Å². The van der Waals surface area contributed by atoms with Gasteiger partial charge < -0.3 is 9.84 Å². The fraction of sp³-hybridized carbons (Fsp3) is 0.357. The summed E-state index contributed by atoms with van der Waals surface area (Å²) in [5, 5.41) is 14.8. The number of hydrogen-bond acceptors (Lipinski definition) is 3. The summed E-state index contributed by atoms with van der Waals surface area (Å²) in [5.74, 6) is 0.612. The van der Waals surface area contributed by atoms with Crippen molar-refractivity contribution in [3.63, 3.8) is 0 Å². The minimum atomic E-state index is -0.749. The van der Waals surface area contributed by atoms with Crippen LogP contribution in [0, 0.1) is 0 Å². The van der Waals surface area contributed by atoms with E-state index < -0.39 is 6.10 Å². The molecule has 2 aromatic rings. The van der Waals surface area contributed by atoms with Gasteiger partial charge in [-0.2, -0.15) is 5.10 Å². The minimum absolute atomic E-state index is 0.612. The zero-order valence-corrected chi connectivity index (χ0v) is 12.6. The molecule has 1 aromatic carbocycles. The number of nitrogens with zero attached hydrogens (tertiary/aromatic N) is 2. The van der Waals surface area contributed by atoms with Crippen molar-refractivity contribution < 1.29 is 9.84 Å². The fourth-order valence-electron chi connectivity index (χ4n) is 2.04. The van der Waals surface area contributed by atoms with E-state index >= 15 is 0 Å². The molecule has 1 atom stereocenters. The second-order valence-electron chi connectivity index (χ2n) is 4.28. The standard InChI is InChI=1S/C14H17BrN2O2/c1-3-7-17-13(12(19-2)9-16-17)14(18)10-5-4-6-11(15)8-10/h4-6,8-9,14,18H,3,7H2,1-2H3. The molecule has 1 aromatic heterocycles. The lowest BCUT2D eigenvalue weighted by Gasteiger charge is -2.15. The molecule has 0 amide bonds. The van der Waals surface area contributed by atoms with Crippen molar-refractivity contribution in [3.8, 4) is 5.75 Å². The van der Waals surface area contributed by atoms with Gasteiger partial charge in [0.1, 0.15) is 11.8 Å². The van der Waals surface area contributed by atoms with Gasteiger partial charge in [-0.15, -0.1) is 0 Å². The molecule has 19 heavy (non-hydrogen) atoms. The average molecular weight is 325 g/mol. The van der Waals surface area contributed by atoms with Crippen molar-refractivity contribution in [1.82, 2.24) is 9.78 Å². The Morgan fingerprint density at radius 3 is 2.89 bits per heavy atom. The molecule has 102 valence electrons. The van der Waals surface area contributed by atoms with Crippen LogP contribution in [0.15, 0.2) is 34.9 Å². The summed E-state index contributed by atoms with van der Waals surface area (Å²) in [6, 6.07) is 7.61. The van der Waals surface area contributed by atoms with E-state index in [2.05, 4.69) is 28.0 Å². The predicted molar refractivity (Wildman–Crippen MR) is 77.3 cm³/mol. The third kappa shape index (κ3) is 2.98. The van der Waals surface area contributed by atoms with Crippen LogP contribution in [0.1, 0.15) is 30.7 Å². The lowest BCUT2D eigenvalue weighted by atomic mass is 10.1. The number of hydrogen-bond donors (Lipinski definition) is 1. The molecule has 0 fully saturated rings. The number of aliphatic hydroxyl groups excluding tert-OH is 1. The Hall–Kier alpha value is -1.33. The highest BCUT2D eigenvalue weighted by molar-refractivity contribution is 9.10. The average Bonchev–Trinajstić information content (AvgIpc) is 2.81. The predicted octanol–water partition coefficient (Wildman–Crippen LogP) is 3.15. The van der Waals surface area contributed by atoms with Crippen LogP contribution in [0.25, 0.3) is 0 Å². The highest BCUT2D eigenvalue weighted by Crippen LogP contribution is 2.31. The molecule has 0 radical (unpaired) electrons. The second kappa shape index (κ2) is 6.21. The normalized spacial score (nSPS) is 12.4. The Kier molecular flexibility index (Phi) is 4.61. The van der Waals surface area contributed by atoms with Gasteiger partial charge in [0.2, 0.25) is 0 Å². The molecular weight excluding hydrogens is 308 g/mol. The molecule has 5 heteroatoms. The lowest BCUT2D eigenvalue weighted by molar-refractivity contribution is 0.202. The second-order valence-corrected chi connectivity index (χ2v) is 5.19. The first-order chi connectivity index (χ1) is 9.17. The van der Waals surface area contributed by atoms with E-state index in [0.717, 1.165) is 23.0 Å². The molecule has 0 aliphatic rings. The quantitative estimate of drug-likeness (QED) is 0.919. The van der Waals surface area contributed by atoms with Crippen molar-refractivity contribution in [1.29, 1.82) is 0 Å². The smallest absolute Gasteiger partial charge is 0.163 e. The number of aryl methyl sites for hydroxylation is 1. The van der Waals surface area contributed by atoms with Crippen LogP contribution in [-0.4, -0.2) is 22.0 Å². The van der Waals surface area contributed by atoms with Crippen LogP contribution in [0.3, 0.4) is 0 Å². The summed E-state index contributed by atoms with van der Waals surface area (Å²) in [7, 11) is 1.59. The molecule has 0 spiro atoms. The molecule has 0 aliphatic carbocycles. The lowest BCUT2D eigenvalue weighted by Crippen LogP contribution is -2.11. The van der Waals surface area contributed by atoms with Gasteiger partial charge in [0, 0.05) is 11.0 Å². The van der Waals surface area contributed by atoms with E-state index in [1.54, 1.807) is 18.0 Å². The number of benzene rings is 1. The highest BCUT2D eigenvalue weighted by atomic mass is 79.9. The van der Waals surface area contributed by atoms with Crippen LogP contribution in [0.4, 0.5) is 0 Å². The van der Waals surface area contributed by atoms with Crippen LogP contribution in [0.2, 0.25) is 0 Å². The third-order valence-corrected chi connectivity index (χ3v) is 3.42. The number of methoxy groups -OCH3 is 1. The van der Waals surface area contributed by atoms with Gasteiger partial charge in [0.15, 0.2) is 5.75 Å². The number of rotatable bonds is 5. The maximum atomic E-state index is 10.6. The summed E-state index contributed by atoms with van der Waals surface area (Å²) in [6.07, 6.45) is 1.84. The van der Waals surface area contributed by atoms with Crippen molar-refractivity contribution in [2.75, 3.05) is 7.11 Å².